The summed E-state index contributed by atoms with van der Waals surface area (Å²) in [5, 5.41) is 11.6. The van der Waals surface area contributed by atoms with Crippen molar-refractivity contribution in [2.24, 2.45) is 7.05 Å². The Morgan fingerprint density at radius 3 is 2.46 bits per heavy atom. The number of hydrogen-bond donors (Lipinski definition) is 1. The van der Waals surface area contributed by atoms with E-state index in [9.17, 15) is 9.50 Å². The van der Waals surface area contributed by atoms with Crippen molar-refractivity contribution >= 4 is 21.9 Å². The molecular weight excluding hydrogens is 443 g/mol. The second-order valence-electron chi connectivity index (χ2n) is 9.60. The molecule has 1 N–H and O–H groups in total. The zero-order valence-electron chi connectivity index (χ0n) is 20.6. The SMILES string of the molecule is CCCC(c1ccc(F)cn1)n1c2cc(C(C)(C)O)ncc2c2ncc(-c3c(C)ncn3C)cc21. The van der Waals surface area contributed by atoms with Crippen LogP contribution in [0.4, 0.5) is 4.39 Å². The second kappa shape index (κ2) is 8.53. The minimum Gasteiger partial charge on any atom is -0.384 e. The molecule has 5 aromatic heterocycles. The zero-order valence-corrected chi connectivity index (χ0v) is 20.6. The maximum atomic E-state index is 13.7. The predicted molar refractivity (Wildman–Crippen MR) is 134 cm³/mol. The number of imidazole rings is 1. The summed E-state index contributed by atoms with van der Waals surface area (Å²) >= 11 is 0. The Labute approximate surface area is 203 Å². The van der Waals surface area contributed by atoms with Gasteiger partial charge < -0.3 is 14.2 Å². The maximum absolute atomic E-state index is 13.7. The van der Waals surface area contributed by atoms with Crippen molar-refractivity contribution in [2.45, 2.75) is 52.2 Å². The highest BCUT2D eigenvalue weighted by molar-refractivity contribution is 6.06. The summed E-state index contributed by atoms with van der Waals surface area (Å²) in [4.78, 5) is 18.3. The van der Waals surface area contributed by atoms with E-state index in [4.69, 9.17) is 4.98 Å². The Bertz CT molecular complexity index is 1510. The molecule has 0 fully saturated rings. The lowest BCUT2D eigenvalue weighted by atomic mass is 10.0. The van der Waals surface area contributed by atoms with Crippen molar-refractivity contribution in [3.8, 4) is 11.3 Å². The molecule has 0 saturated carbocycles. The van der Waals surface area contributed by atoms with E-state index in [1.165, 1.54) is 12.3 Å². The summed E-state index contributed by atoms with van der Waals surface area (Å²) in [5.74, 6) is -0.365. The quantitative estimate of drug-likeness (QED) is 0.356. The van der Waals surface area contributed by atoms with Crippen LogP contribution in [0.1, 0.15) is 56.7 Å². The standard InChI is InChI=1S/C27H29FN6O/c1-6-7-21(20-9-8-18(28)13-29-20)34-22-11-24(27(3,4)35)30-14-19(22)25-23(34)10-17(12-31-25)26-16(2)32-15-33(26)5/h8-15,21,35H,6-7H2,1-5H3. The van der Waals surface area contributed by atoms with E-state index in [-0.39, 0.29) is 11.9 Å². The number of nitrogens with zero attached hydrogens (tertiary/aromatic N) is 6. The Hall–Kier alpha value is -3.65. The minimum absolute atomic E-state index is 0.151. The van der Waals surface area contributed by atoms with Gasteiger partial charge in [0, 0.05) is 30.4 Å². The molecule has 5 rings (SSSR count). The van der Waals surface area contributed by atoms with Gasteiger partial charge in [-0.1, -0.05) is 13.3 Å². The zero-order chi connectivity index (χ0) is 24.9. The van der Waals surface area contributed by atoms with E-state index < -0.39 is 5.60 Å². The highest BCUT2D eigenvalue weighted by Gasteiger charge is 2.25. The molecule has 1 unspecified atom stereocenters. The molecular formula is C27H29FN6O. The molecule has 0 saturated heterocycles. The van der Waals surface area contributed by atoms with Gasteiger partial charge in [-0.25, -0.2) is 9.37 Å². The molecule has 180 valence electrons. The molecule has 8 heteroatoms. The fraction of sp³-hybridized carbons (Fsp3) is 0.333. The third kappa shape index (κ3) is 3.97. The summed E-state index contributed by atoms with van der Waals surface area (Å²) in [6.45, 7) is 7.55. The molecule has 5 heterocycles. The van der Waals surface area contributed by atoms with Crippen LogP contribution in [0.2, 0.25) is 0 Å². The van der Waals surface area contributed by atoms with Gasteiger partial charge in [0.25, 0.3) is 0 Å². The number of hydrogen-bond acceptors (Lipinski definition) is 5. The molecule has 5 aromatic rings. The average molecular weight is 473 g/mol. The molecule has 0 aliphatic carbocycles. The summed E-state index contributed by atoms with van der Waals surface area (Å²) < 4.78 is 17.9. The van der Waals surface area contributed by atoms with Gasteiger partial charge in [-0.15, -0.1) is 0 Å². The van der Waals surface area contributed by atoms with Gasteiger partial charge in [-0.3, -0.25) is 15.0 Å². The minimum atomic E-state index is -1.10. The Balaban J connectivity index is 1.86. The summed E-state index contributed by atoms with van der Waals surface area (Å²) in [6, 6.07) is 7.10. The lowest BCUT2D eigenvalue weighted by Crippen LogP contribution is -2.18. The van der Waals surface area contributed by atoms with E-state index in [0.29, 0.717) is 5.69 Å². The highest BCUT2D eigenvalue weighted by atomic mass is 19.1. The van der Waals surface area contributed by atoms with Crippen LogP contribution >= 0.6 is 0 Å². The van der Waals surface area contributed by atoms with Crippen molar-refractivity contribution < 1.29 is 9.50 Å². The molecule has 0 radical (unpaired) electrons. The smallest absolute Gasteiger partial charge is 0.141 e. The topological polar surface area (TPSA) is 81.7 Å². The number of aromatic nitrogens is 6. The molecule has 0 aliphatic rings. The Kier molecular flexibility index (Phi) is 5.63. The van der Waals surface area contributed by atoms with Crippen molar-refractivity contribution in [1.29, 1.82) is 0 Å². The molecule has 0 spiro atoms. The Morgan fingerprint density at radius 1 is 1.03 bits per heavy atom. The maximum Gasteiger partial charge on any atom is 0.141 e. The van der Waals surface area contributed by atoms with E-state index in [2.05, 4.69) is 32.5 Å². The molecule has 0 amide bonds. The summed E-state index contributed by atoms with van der Waals surface area (Å²) in [7, 11) is 1.97. The predicted octanol–water partition coefficient (Wildman–Crippen LogP) is 5.44. The van der Waals surface area contributed by atoms with Gasteiger partial charge in [0.15, 0.2) is 0 Å². The van der Waals surface area contributed by atoms with Gasteiger partial charge in [0.05, 0.1) is 57.9 Å². The first-order chi connectivity index (χ1) is 16.7. The number of halogens is 1. The van der Waals surface area contributed by atoms with Crippen molar-refractivity contribution in [3.63, 3.8) is 0 Å². The largest absolute Gasteiger partial charge is 0.384 e. The lowest BCUT2D eigenvalue weighted by molar-refractivity contribution is 0.0740. The van der Waals surface area contributed by atoms with Crippen LogP contribution < -0.4 is 0 Å². The third-order valence-corrected chi connectivity index (χ3v) is 6.51. The first kappa shape index (κ1) is 23.1. The average Bonchev–Trinajstić information content (AvgIpc) is 3.33. The second-order valence-corrected chi connectivity index (χ2v) is 9.60. The van der Waals surface area contributed by atoms with Gasteiger partial charge >= 0.3 is 0 Å². The van der Waals surface area contributed by atoms with Gasteiger partial charge in [-0.05, 0) is 51.5 Å². The molecule has 0 aromatic carbocycles. The van der Waals surface area contributed by atoms with E-state index >= 15 is 0 Å². The number of pyridine rings is 3. The first-order valence-corrected chi connectivity index (χ1v) is 11.8. The normalized spacial score (nSPS) is 13.1. The van der Waals surface area contributed by atoms with E-state index in [1.54, 1.807) is 32.4 Å². The summed E-state index contributed by atoms with van der Waals surface area (Å²) in [5.41, 5.74) is 5.77. The molecule has 0 bridgehead atoms. The molecule has 35 heavy (non-hydrogen) atoms. The Morgan fingerprint density at radius 2 is 1.83 bits per heavy atom. The number of fused-ring (bicyclic) bond motifs is 3. The van der Waals surface area contributed by atoms with Crippen LogP contribution in [-0.2, 0) is 12.6 Å². The lowest BCUT2D eigenvalue weighted by Gasteiger charge is -2.22. The summed E-state index contributed by atoms with van der Waals surface area (Å²) in [6.07, 6.45) is 8.41. The van der Waals surface area contributed by atoms with Crippen LogP contribution in [0.5, 0.6) is 0 Å². The van der Waals surface area contributed by atoms with Crippen LogP contribution in [0, 0.1) is 12.7 Å². The third-order valence-electron chi connectivity index (χ3n) is 6.51. The van der Waals surface area contributed by atoms with Gasteiger partial charge in [-0.2, -0.15) is 0 Å². The van der Waals surface area contributed by atoms with Crippen LogP contribution in [-0.4, -0.2) is 34.2 Å². The fourth-order valence-electron chi connectivity index (χ4n) is 4.83. The van der Waals surface area contributed by atoms with E-state index in [1.807, 2.05) is 30.8 Å². The van der Waals surface area contributed by atoms with Crippen LogP contribution in [0.15, 0.2) is 49.2 Å². The van der Waals surface area contributed by atoms with Crippen LogP contribution in [0.25, 0.3) is 33.2 Å². The number of rotatable bonds is 6. The van der Waals surface area contributed by atoms with Crippen LogP contribution in [0.3, 0.4) is 0 Å². The molecule has 7 nitrogen and oxygen atoms in total. The van der Waals surface area contributed by atoms with Gasteiger partial charge in [0.2, 0.25) is 0 Å². The van der Waals surface area contributed by atoms with Crippen molar-refractivity contribution in [2.75, 3.05) is 0 Å². The number of aliphatic hydroxyl groups is 1. The van der Waals surface area contributed by atoms with Crippen molar-refractivity contribution in [3.05, 3.63) is 72.1 Å². The number of aryl methyl sites for hydroxylation is 2. The molecule has 0 aliphatic heterocycles. The highest BCUT2D eigenvalue weighted by Crippen LogP contribution is 2.37. The van der Waals surface area contributed by atoms with Crippen molar-refractivity contribution in [1.82, 2.24) is 29.1 Å². The molecule has 1 atom stereocenters. The van der Waals surface area contributed by atoms with Gasteiger partial charge in [0.1, 0.15) is 11.4 Å². The first-order valence-electron chi connectivity index (χ1n) is 11.8. The fourth-order valence-corrected chi connectivity index (χ4v) is 4.83. The monoisotopic (exact) mass is 472 g/mol. The van der Waals surface area contributed by atoms with E-state index in [0.717, 1.165) is 57.4 Å².